The number of aromatic nitrogens is 1. The van der Waals surface area contributed by atoms with Crippen molar-refractivity contribution in [1.29, 1.82) is 0 Å². The molecule has 9 nitrogen and oxygen atoms in total. The van der Waals surface area contributed by atoms with Gasteiger partial charge in [-0.25, -0.2) is 13.6 Å². The number of aromatic hydroxyl groups is 1. The van der Waals surface area contributed by atoms with E-state index in [1.807, 2.05) is 0 Å². The van der Waals surface area contributed by atoms with Crippen molar-refractivity contribution in [1.82, 2.24) is 4.37 Å². The van der Waals surface area contributed by atoms with Gasteiger partial charge in [-0.1, -0.05) is 18.5 Å². The topological polar surface area (TPSA) is 147 Å². The lowest BCUT2D eigenvalue weighted by molar-refractivity contribution is -0.115. The van der Waals surface area contributed by atoms with Crippen molar-refractivity contribution < 1.29 is 18.3 Å². The van der Waals surface area contributed by atoms with Crippen LogP contribution in [0.25, 0.3) is 10.9 Å². The third-order valence-electron chi connectivity index (χ3n) is 3.66. The predicted octanol–water partition coefficient (Wildman–Crippen LogP) is 4.07. The number of nitrogens with two attached hydrogens (primary N) is 1. The van der Waals surface area contributed by atoms with Crippen molar-refractivity contribution in [3.05, 3.63) is 35.4 Å². The third kappa shape index (κ3) is 4.28. The number of fused-ring (bicyclic) bond motifs is 1. The molecule has 28 heavy (non-hydrogen) atoms. The molecule has 2 aromatic carbocycles. The van der Waals surface area contributed by atoms with E-state index in [1.165, 1.54) is 30.3 Å². The number of phenolic OH excluding ortho intramolecular Hbond substituents is 1. The minimum Gasteiger partial charge on any atom is -0.504 e. The number of amides is 1. The van der Waals surface area contributed by atoms with Crippen molar-refractivity contribution in [3.8, 4) is 5.75 Å². The fraction of sp³-hybridized carbons (Fsp3) is 0.125. The summed E-state index contributed by atoms with van der Waals surface area (Å²) in [7, 11) is -3.87. The molecule has 0 unspecified atom stereocenters. The van der Waals surface area contributed by atoms with Gasteiger partial charge in [0, 0.05) is 11.8 Å². The van der Waals surface area contributed by atoms with Gasteiger partial charge in [-0.15, -0.1) is 10.2 Å². The van der Waals surface area contributed by atoms with Crippen LogP contribution in [0, 0.1) is 0 Å². The fourth-order valence-electron chi connectivity index (χ4n) is 2.24. The van der Waals surface area contributed by atoms with Crippen molar-refractivity contribution in [3.63, 3.8) is 0 Å². The molecule has 4 N–H and O–H groups in total. The van der Waals surface area contributed by atoms with E-state index in [-0.39, 0.29) is 39.4 Å². The van der Waals surface area contributed by atoms with Crippen LogP contribution in [0.3, 0.4) is 0 Å². The second-order valence-corrected chi connectivity index (χ2v) is 8.36. The van der Waals surface area contributed by atoms with E-state index in [0.29, 0.717) is 15.9 Å². The van der Waals surface area contributed by atoms with Gasteiger partial charge in [-0.3, -0.25) is 4.79 Å². The molecule has 0 bridgehead atoms. The van der Waals surface area contributed by atoms with E-state index in [1.54, 1.807) is 6.92 Å². The number of phenols is 1. The number of nitrogens with zero attached hydrogens (tertiary/aromatic N) is 3. The number of azo groups is 1. The molecule has 146 valence electrons. The van der Waals surface area contributed by atoms with Crippen molar-refractivity contribution >= 4 is 66.3 Å². The Kier molecular flexibility index (Phi) is 5.61. The number of hydrogen-bond acceptors (Lipinski definition) is 8. The number of sulfonamides is 1. The highest BCUT2D eigenvalue weighted by molar-refractivity contribution is 7.89. The zero-order valence-electron chi connectivity index (χ0n) is 14.4. The van der Waals surface area contributed by atoms with Crippen LogP contribution in [0.4, 0.5) is 16.4 Å². The van der Waals surface area contributed by atoms with Gasteiger partial charge in [-0.2, -0.15) is 4.37 Å². The minimum absolute atomic E-state index is 0.00599. The van der Waals surface area contributed by atoms with Crippen molar-refractivity contribution in [2.75, 3.05) is 5.32 Å². The molecule has 12 heteroatoms. The Bertz CT molecular complexity index is 1210. The van der Waals surface area contributed by atoms with Gasteiger partial charge >= 0.3 is 0 Å². The van der Waals surface area contributed by atoms with Crippen LogP contribution >= 0.6 is 23.1 Å². The predicted molar refractivity (Wildman–Crippen MR) is 107 cm³/mol. The second kappa shape index (κ2) is 7.80. The Morgan fingerprint density at radius 3 is 2.75 bits per heavy atom. The van der Waals surface area contributed by atoms with Crippen LogP contribution in [0.1, 0.15) is 13.3 Å². The molecule has 0 fully saturated rings. The summed E-state index contributed by atoms with van der Waals surface area (Å²) >= 11 is 7.01. The largest absolute Gasteiger partial charge is 0.504 e. The van der Waals surface area contributed by atoms with Crippen LogP contribution in [-0.4, -0.2) is 23.8 Å². The molecule has 0 aliphatic rings. The van der Waals surface area contributed by atoms with Crippen LogP contribution < -0.4 is 10.5 Å². The first-order chi connectivity index (χ1) is 13.2. The number of hydrogen-bond donors (Lipinski definition) is 3. The Morgan fingerprint density at radius 2 is 2.07 bits per heavy atom. The SMILES string of the molecule is CCC(=O)Nc1cc(N=Nc2snc3ccc(S(N)(=O)=O)cc23)cc(Cl)c1O. The molecule has 1 amide bonds. The molecule has 0 saturated heterocycles. The molecule has 0 spiro atoms. The van der Waals surface area contributed by atoms with E-state index in [9.17, 15) is 18.3 Å². The summed E-state index contributed by atoms with van der Waals surface area (Å²) in [5, 5.41) is 26.6. The second-order valence-electron chi connectivity index (χ2n) is 5.64. The molecule has 1 aromatic heterocycles. The van der Waals surface area contributed by atoms with Crippen LogP contribution in [-0.2, 0) is 14.8 Å². The van der Waals surface area contributed by atoms with E-state index in [2.05, 4.69) is 19.9 Å². The van der Waals surface area contributed by atoms with Gasteiger partial charge in [0.05, 0.1) is 26.8 Å². The number of carbonyl (C=O) groups excluding carboxylic acids is 1. The maximum absolute atomic E-state index is 11.6. The summed E-state index contributed by atoms with van der Waals surface area (Å²) in [5.41, 5.74) is 0.934. The Labute approximate surface area is 169 Å². The first kappa shape index (κ1) is 20.1. The lowest BCUT2D eigenvalue weighted by atomic mass is 10.2. The molecule has 0 aliphatic heterocycles. The highest BCUT2D eigenvalue weighted by Crippen LogP contribution is 2.38. The van der Waals surface area contributed by atoms with E-state index >= 15 is 0 Å². The van der Waals surface area contributed by atoms with E-state index in [0.717, 1.165) is 11.5 Å². The summed E-state index contributed by atoms with van der Waals surface area (Å²) in [6.07, 6.45) is 0.224. The van der Waals surface area contributed by atoms with Crippen LogP contribution in [0.15, 0.2) is 45.5 Å². The van der Waals surface area contributed by atoms with Gasteiger partial charge in [0.15, 0.2) is 10.8 Å². The van der Waals surface area contributed by atoms with Crippen LogP contribution in [0.5, 0.6) is 5.75 Å². The number of rotatable bonds is 5. The number of benzene rings is 2. The molecular weight excluding hydrogens is 426 g/mol. The standard InChI is InChI=1S/C16H14ClN5O4S2/c1-2-14(23)19-13-6-8(5-11(17)15(13)24)20-21-16-10-7-9(28(18,25)26)3-4-12(10)22-27-16/h3-7,24H,2H2,1H3,(H,19,23)(H2,18,25,26). The smallest absolute Gasteiger partial charge is 0.238 e. The summed E-state index contributed by atoms with van der Waals surface area (Å²) in [5.74, 6) is -0.576. The molecule has 0 saturated carbocycles. The van der Waals surface area contributed by atoms with E-state index in [4.69, 9.17) is 16.7 Å². The molecule has 3 aromatic rings. The van der Waals surface area contributed by atoms with Gasteiger partial charge in [0.25, 0.3) is 0 Å². The summed E-state index contributed by atoms with van der Waals surface area (Å²) in [6, 6.07) is 7.05. The number of carbonyl (C=O) groups is 1. The third-order valence-corrected chi connectivity index (χ3v) is 5.62. The number of nitrogens with one attached hydrogen (secondary N) is 1. The number of primary sulfonamides is 1. The average Bonchev–Trinajstić information content (AvgIpc) is 3.05. The van der Waals surface area contributed by atoms with Crippen molar-refractivity contribution in [2.24, 2.45) is 15.4 Å². The normalized spacial score (nSPS) is 12.0. The summed E-state index contributed by atoms with van der Waals surface area (Å²) in [4.78, 5) is 11.5. The van der Waals surface area contributed by atoms with Crippen LogP contribution in [0.2, 0.25) is 5.02 Å². The molecule has 0 aliphatic carbocycles. The summed E-state index contributed by atoms with van der Waals surface area (Å²) < 4.78 is 27.3. The van der Waals surface area contributed by atoms with Gasteiger partial charge in [0.1, 0.15) is 0 Å². The van der Waals surface area contributed by atoms with Gasteiger partial charge in [-0.05, 0) is 41.9 Å². The minimum atomic E-state index is -3.87. The fourth-order valence-corrected chi connectivity index (χ4v) is 3.67. The Balaban J connectivity index is 1.99. The molecule has 1 heterocycles. The maximum Gasteiger partial charge on any atom is 0.238 e. The average molecular weight is 440 g/mol. The Hall–Kier alpha value is -2.60. The molecule has 0 radical (unpaired) electrons. The zero-order chi connectivity index (χ0) is 20.5. The van der Waals surface area contributed by atoms with Gasteiger partial charge < -0.3 is 10.4 Å². The highest BCUT2D eigenvalue weighted by atomic mass is 35.5. The number of anilines is 1. The molecule has 0 atom stereocenters. The lowest BCUT2D eigenvalue weighted by Gasteiger charge is -2.08. The molecule has 3 rings (SSSR count). The number of halogens is 1. The van der Waals surface area contributed by atoms with E-state index < -0.39 is 10.0 Å². The van der Waals surface area contributed by atoms with Gasteiger partial charge in [0.2, 0.25) is 15.9 Å². The lowest BCUT2D eigenvalue weighted by Crippen LogP contribution is -2.11. The Morgan fingerprint density at radius 1 is 1.32 bits per heavy atom. The zero-order valence-corrected chi connectivity index (χ0v) is 16.8. The first-order valence-electron chi connectivity index (χ1n) is 7.85. The molecular formula is C16H14ClN5O4S2. The summed E-state index contributed by atoms with van der Waals surface area (Å²) in [6.45, 7) is 1.67. The first-order valence-corrected chi connectivity index (χ1v) is 10.5. The maximum atomic E-state index is 11.6. The van der Waals surface area contributed by atoms with Crippen molar-refractivity contribution in [2.45, 2.75) is 18.2 Å². The monoisotopic (exact) mass is 439 g/mol. The quantitative estimate of drug-likeness (QED) is 0.405. The highest BCUT2D eigenvalue weighted by Gasteiger charge is 2.14.